The van der Waals surface area contributed by atoms with Gasteiger partial charge < -0.3 is 28.7 Å². The molecule has 2 fully saturated rings. The van der Waals surface area contributed by atoms with Gasteiger partial charge in [0.05, 0.1) is 5.60 Å². The third-order valence-corrected chi connectivity index (χ3v) is 5.29. The normalized spacial score (nSPS) is 29.0. The Labute approximate surface area is 155 Å². The fourth-order valence-electron chi connectivity index (χ4n) is 3.41. The van der Waals surface area contributed by atoms with Crippen molar-refractivity contribution in [1.82, 2.24) is 0 Å². The highest BCUT2D eigenvalue weighted by atomic mass is 16.8. The Morgan fingerprint density at radius 2 is 1.85 bits per heavy atom. The highest BCUT2D eigenvalue weighted by Gasteiger charge is 2.56. The maximum absolute atomic E-state index is 11.9. The van der Waals surface area contributed by atoms with Crippen LogP contribution in [-0.4, -0.2) is 37.3 Å². The highest BCUT2D eigenvalue weighted by Crippen LogP contribution is 2.40. The van der Waals surface area contributed by atoms with Gasteiger partial charge in [0.1, 0.15) is 17.0 Å². The van der Waals surface area contributed by atoms with E-state index in [4.69, 9.17) is 23.4 Å². The maximum atomic E-state index is 11.9. The zero-order valence-corrected chi connectivity index (χ0v) is 15.5. The minimum absolute atomic E-state index is 0.0663. The van der Waals surface area contributed by atoms with Gasteiger partial charge in [0.25, 0.3) is 0 Å². The second-order valence-corrected chi connectivity index (χ2v) is 7.31. The maximum Gasteiger partial charge on any atom is 0.509 e. The van der Waals surface area contributed by atoms with Gasteiger partial charge in [-0.25, -0.2) is 9.59 Å². The number of nitrogens with one attached hydrogen (secondary N) is 1. The van der Waals surface area contributed by atoms with Gasteiger partial charge in [-0.15, -0.1) is 0 Å². The first kappa shape index (κ1) is 17.7. The van der Waals surface area contributed by atoms with Gasteiger partial charge >= 0.3 is 11.8 Å². The minimum Gasteiger partial charge on any atom is -0.461 e. The quantitative estimate of drug-likeness (QED) is 0.646. The molecule has 1 unspecified atom stereocenters. The van der Waals surface area contributed by atoms with Crippen LogP contribution in [0.15, 0.2) is 33.5 Å². The highest BCUT2D eigenvalue weighted by molar-refractivity contribution is 5.80. The van der Waals surface area contributed by atoms with E-state index >= 15 is 0 Å². The molecule has 2 aliphatic rings. The molecule has 0 spiro atoms. The molecule has 1 N–H and O–H groups in total. The molecule has 2 aliphatic heterocycles. The fraction of sp³-hybridized carbons (Fsp3) is 0.474. The second-order valence-electron chi connectivity index (χ2n) is 7.31. The predicted molar refractivity (Wildman–Crippen MR) is 95.9 cm³/mol. The molecule has 2 saturated heterocycles. The first-order chi connectivity index (χ1) is 12.8. The van der Waals surface area contributed by atoms with E-state index < -0.39 is 35.9 Å². The van der Waals surface area contributed by atoms with Crippen molar-refractivity contribution < 1.29 is 28.2 Å². The molecule has 3 heterocycles. The van der Waals surface area contributed by atoms with E-state index in [9.17, 15) is 9.59 Å². The Bertz CT molecular complexity index is 951. The predicted octanol–water partition coefficient (Wildman–Crippen LogP) is 2.89. The lowest BCUT2D eigenvalue weighted by Crippen LogP contribution is -2.58. The molecular formula is C19H21NO7. The smallest absolute Gasteiger partial charge is 0.461 e. The summed E-state index contributed by atoms with van der Waals surface area (Å²) in [4.78, 5) is 23.5. The van der Waals surface area contributed by atoms with Gasteiger partial charge in [0, 0.05) is 24.4 Å². The van der Waals surface area contributed by atoms with Crippen LogP contribution >= 0.6 is 0 Å². The molecule has 0 aliphatic carbocycles. The number of benzene rings is 1. The Hall–Kier alpha value is -2.74. The van der Waals surface area contributed by atoms with Crippen LogP contribution in [0.1, 0.15) is 20.8 Å². The summed E-state index contributed by atoms with van der Waals surface area (Å²) in [5.74, 6) is 0.364. The summed E-state index contributed by atoms with van der Waals surface area (Å²) in [7, 11) is 1.65. The Morgan fingerprint density at radius 1 is 1.11 bits per heavy atom. The van der Waals surface area contributed by atoms with Gasteiger partial charge in [0.2, 0.25) is 12.4 Å². The van der Waals surface area contributed by atoms with Gasteiger partial charge in [0.15, 0.2) is 6.10 Å². The van der Waals surface area contributed by atoms with E-state index in [2.05, 4.69) is 5.32 Å². The number of hydrogen-bond acceptors (Lipinski definition) is 8. The van der Waals surface area contributed by atoms with Gasteiger partial charge in [-0.1, -0.05) is 6.92 Å². The lowest BCUT2D eigenvalue weighted by atomic mass is 9.82. The molecule has 27 heavy (non-hydrogen) atoms. The van der Waals surface area contributed by atoms with Gasteiger partial charge in [-0.05, 0) is 32.0 Å². The molecular weight excluding hydrogens is 354 g/mol. The van der Waals surface area contributed by atoms with Crippen molar-refractivity contribution in [2.75, 3.05) is 12.4 Å². The molecule has 8 heteroatoms. The fourth-order valence-corrected chi connectivity index (χ4v) is 3.41. The molecule has 2 aromatic rings. The molecule has 0 saturated carbocycles. The minimum atomic E-state index is -0.839. The number of carbonyl (C=O) groups excluding carboxylic acids is 1. The third kappa shape index (κ3) is 2.99. The van der Waals surface area contributed by atoms with E-state index in [-0.39, 0.29) is 5.92 Å². The summed E-state index contributed by atoms with van der Waals surface area (Å²) in [6, 6.07) is 6.83. The largest absolute Gasteiger partial charge is 0.509 e. The molecule has 0 bridgehead atoms. The van der Waals surface area contributed by atoms with Crippen LogP contribution in [0.2, 0.25) is 0 Å². The first-order valence-corrected chi connectivity index (χ1v) is 8.76. The van der Waals surface area contributed by atoms with E-state index in [1.165, 1.54) is 0 Å². The van der Waals surface area contributed by atoms with Crippen molar-refractivity contribution in [3.8, 4) is 5.75 Å². The van der Waals surface area contributed by atoms with Crippen LogP contribution in [-0.2, 0) is 14.2 Å². The van der Waals surface area contributed by atoms with Crippen molar-refractivity contribution in [2.24, 2.45) is 5.92 Å². The zero-order chi connectivity index (χ0) is 19.3. The van der Waals surface area contributed by atoms with E-state index in [1.807, 2.05) is 20.8 Å². The summed E-state index contributed by atoms with van der Waals surface area (Å²) in [5, 5.41) is 3.54. The van der Waals surface area contributed by atoms with Crippen molar-refractivity contribution in [2.45, 2.75) is 44.9 Å². The molecule has 0 amide bonds. The monoisotopic (exact) mass is 375 g/mol. The van der Waals surface area contributed by atoms with E-state index in [1.54, 1.807) is 31.3 Å². The molecule has 4 atom stereocenters. The third-order valence-electron chi connectivity index (χ3n) is 5.29. The number of anilines is 1. The van der Waals surface area contributed by atoms with Crippen LogP contribution in [0.4, 0.5) is 10.5 Å². The first-order valence-electron chi connectivity index (χ1n) is 8.76. The summed E-state index contributed by atoms with van der Waals surface area (Å²) in [5.41, 5.74) is -0.286. The molecule has 1 aromatic carbocycles. The second kappa shape index (κ2) is 6.16. The summed E-state index contributed by atoms with van der Waals surface area (Å²) < 4.78 is 27.9. The Balaban J connectivity index is 1.64. The standard InChI is InChI=1S/C19H21NO7/c1-9-14-15(26-18(22)25-14)17(27-19(9,2)3)23-11-6-5-10-7-12(20-4)16(21)24-13(10)8-11/h5-9,14-15,17,20H,1-4H3/t9-,14+,15+,17?/m1/s1. The lowest BCUT2D eigenvalue weighted by Gasteiger charge is -2.44. The van der Waals surface area contributed by atoms with Crippen LogP contribution in [0.3, 0.4) is 0 Å². The molecule has 0 radical (unpaired) electrons. The SMILES string of the molecule is CNc1cc2ccc(OC3OC(C)(C)[C@H](C)[C@@H]4OC(=O)O[C@H]34)cc2oc1=O. The molecule has 8 nitrogen and oxygen atoms in total. The molecule has 144 valence electrons. The van der Waals surface area contributed by atoms with Gasteiger partial charge in [-0.2, -0.15) is 0 Å². The average Bonchev–Trinajstić information content (AvgIpc) is 3.01. The molecule has 4 rings (SSSR count). The molecule has 1 aromatic heterocycles. The average molecular weight is 375 g/mol. The number of rotatable bonds is 3. The number of fused-ring (bicyclic) bond motifs is 2. The van der Waals surface area contributed by atoms with E-state index in [0.717, 1.165) is 5.39 Å². The van der Waals surface area contributed by atoms with Crippen LogP contribution in [0.25, 0.3) is 11.0 Å². The zero-order valence-electron chi connectivity index (χ0n) is 15.5. The van der Waals surface area contributed by atoms with Crippen molar-refractivity contribution >= 4 is 22.8 Å². The lowest BCUT2D eigenvalue weighted by molar-refractivity contribution is -0.260. The van der Waals surface area contributed by atoms with Crippen LogP contribution in [0.5, 0.6) is 5.75 Å². The summed E-state index contributed by atoms with van der Waals surface area (Å²) in [6.45, 7) is 5.77. The van der Waals surface area contributed by atoms with E-state index in [0.29, 0.717) is 17.0 Å². The van der Waals surface area contributed by atoms with Crippen molar-refractivity contribution in [1.29, 1.82) is 0 Å². The summed E-state index contributed by atoms with van der Waals surface area (Å²) in [6.07, 6.45) is -2.69. The summed E-state index contributed by atoms with van der Waals surface area (Å²) >= 11 is 0. The van der Waals surface area contributed by atoms with Crippen LogP contribution < -0.4 is 15.7 Å². The van der Waals surface area contributed by atoms with Crippen molar-refractivity contribution in [3.05, 3.63) is 34.7 Å². The number of hydrogen-bond donors (Lipinski definition) is 1. The van der Waals surface area contributed by atoms with Crippen molar-refractivity contribution in [3.63, 3.8) is 0 Å². The van der Waals surface area contributed by atoms with Gasteiger partial charge in [-0.3, -0.25) is 0 Å². The topological polar surface area (TPSA) is 96.2 Å². The van der Waals surface area contributed by atoms with Crippen LogP contribution in [0, 0.1) is 5.92 Å². The number of carbonyl (C=O) groups is 1. The Kier molecular flexibility index (Phi) is 4.03. The number of ether oxygens (including phenoxy) is 4. The Morgan fingerprint density at radius 3 is 2.59 bits per heavy atom.